The maximum atomic E-state index is 9.04. The van der Waals surface area contributed by atoms with Crippen LogP contribution in [0.5, 0.6) is 0 Å². The molecular formula is C12H12N2. The van der Waals surface area contributed by atoms with Gasteiger partial charge in [-0.05, 0) is 19.8 Å². The van der Waals surface area contributed by atoms with Gasteiger partial charge >= 0.3 is 0 Å². The van der Waals surface area contributed by atoms with Crippen molar-refractivity contribution in [1.29, 1.82) is 10.5 Å². The zero-order chi connectivity index (χ0) is 10.3. The van der Waals surface area contributed by atoms with Crippen LogP contribution in [0.15, 0.2) is 22.8 Å². The summed E-state index contributed by atoms with van der Waals surface area (Å²) in [5, 5.41) is 18.0. The fourth-order valence-electron chi connectivity index (χ4n) is 2.33. The van der Waals surface area contributed by atoms with Crippen LogP contribution in [-0.2, 0) is 0 Å². The van der Waals surface area contributed by atoms with Crippen molar-refractivity contribution in [3.05, 3.63) is 22.8 Å². The Kier molecular flexibility index (Phi) is 1.76. The first-order valence-electron chi connectivity index (χ1n) is 4.84. The highest BCUT2D eigenvalue weighted by Gasteiger charge is 2.55. The fraction of sp³-hybridized carbons (Fsp3) is 0.500. The highest BCUT2D eigenvalue weighted by molar-refractivity contribution is 5.48. The number of nitriles is 2. The van der Waals surface area contributed by atoms with E-state index < -0.39 is 0 Å². The lowest BCUT2D eigenvalue weighted by atomic mass is 9.95. The Labute approximate surface area is 84.1 Å². The van der Waals surface area contributed by atoms with E-state index in [4.69, 9.17) is 10.5 Å². The molecule has 0 aliphatic heterocycles. The maximum Gasteiger partial charge on any atom is 0.0949 e. The number of rotatable bonds is 0. The molecule has 0 N–H and O–H groups in total. The van der Waals surface area contributed by atoms with E-state index in [-0.39, 0.29) is 5.41 Å². The summed E-state index contributed by atoms with van der Waals surface area (Å²) in [7, 11) is 0. The Morgan fingerprint density at radius 1 is 1.43 bits per heavy atom. The third-order valence-electron chi connectivity index (χ3n) is 3.51. The summed E-state index contributed by atoms with van der Waals surface area (Å²) in [5.41, 5.74) is 2.88. The third kappa shape index (κ3) is 1.01. The Morgan fingerprint density at radius 2 is 2.14 bits per heavy atom. The minimum Gasteiger partial charge on any atom is -0.193 e. The van der Waals surface area contributed by atoms with Gasteiger partial charge in [-0.3, -0.25) is 0 Å². The van der Waals surface area contributed by atoms with E-state index in [2.05, 4.69) is 19.1 Å². The lowest BCUT2D eigenvalue weighted by Crippen LogP contribution is -2.01. The number of nitrogens with zero attached hydrogens (tertiary/aromatic N) is 2. The molecule has 2 unspecified atom stereocenters. The van der Waals surface area contributed by atoms with E-state index in [0.29, 0.717) is 5.92 Å². The van der Waals surface area contributed by atoms with Crippen molar-refractivity contribution in [2.45, 2.75) is 26.7 Å². The van der Waals surface area contributed by atoms with Crippen molar-refractivity contribution < 1.29 is 0 Å². The summed E-state index contributed by atoms with van der Waals surface area (Å²) in [4.78, 5) is 0. The van der Waals surface area contributed by atoms with Crippen LogP contribution < -0.4 is 0 Å². The second-order valence-corrected chi connectivity index (χ2v) is 4.41. The largest absolute Gasteiger partial charge is 0.193 e. The van der Waals surface area contributed by atoms with Crippen molar-refractivity contribution in [2.75, 3.05) is 0 Å². The minimum absolute atomic E-state index is 0.0302. The lowest BCUT2D eigenvalue weighted by molar-refractivity contribution is 0.659. The van der Waals surface area contributed by atoms with Crippen molar-refractivity contribution in [2.24, 2.45) is 11.3 Å². The topological polar surface area (TPSA) is 47.6 Å². The van der Waals surface area contributed by atoms with Gasteiger partial charge in [0.1, 0.15) is 0 Å². The Morgan fingerprint density at radius 3 is 2.71 bits per heavy atom. The molecule has 2 heteroatoms. The third-order valence-corrected chi connectivity index (χ3v) is 3.51. The quantitative estimate of drug-likeness (QED) is 0.581. The predicted molar refractivity (Wildman–Crippen MR) is 52.8 cm³/mol. The summed E-state index contributed by atoms with van der Waals surface area (Å²) < 4.78 is 0. The van der Waals surface area contributed by atoms with Crippen LogP contribution >= 0.6 is 0 Å². The van der Waals surface area contributed by atoms with Crippen molar-refractivity contribution >= 4 is 0 Å². The lowest BCUT2D eigenvalue weighted by Gasteiger charge is -2.06. The van der Waals surface area contributed by atoms with Gasteiger partial charge < -0.3 is 0 Å². The molecule has 2 nitrogen and oxygen atoms in total. The van der Waals surface area contributed by atoms with E-state index in [0.717, 1.165) is 29.6 Å². The van der Waals surface area contributed by atoms with E-state index in [1.54, 1.807) is 0 Å². The Bertz CT molecular complexity index is 428. The highest BCUT2D eigenvalue weighted by Crippen LogP contribution is 2.62. The first kappa shape index (κ1) is 9.03. The molecule has 0 aromatic carbocycles. The number of fused-ring (bicyclic) bond motifs is 1. The van der Waals surface area contributed by atoms with Gasteiger partial charge in [0.15, 0.2) is 0 Å². The zero-order valence-corrected chi connectivity index (χ0v) is 8.46. The molecule has 70 valence electrons. The Balaban J connectivity index is 2.45. The monoisotopic (exact) mass is 184 g/mol. The molecule has 1 saturated carbocycles. The van der Waals surface area contributed by atoms with E-state index in [1.807, 2.05) is 13.0 Å². The van der Waals surface area contributed by atoms with Gasteiger partial charge in [-0.1, -0.05) is 18.6 Å². The van der Waals surface area contributed by atoms with Gasteiger partial charge in [0.25, 0.3) is 0 Å². The maximum absolute atomic E-state index is 9.04. The van der Waals surface area contributed by atoms with Crippen LogP contribution in [-0.4, -0.2) is 0 Å². The van der Waals surface area contributed by atoms with Gasteiger partial charge in [-0.25, -0.2) is 0 Å². The summed E-state index contributed by atoms with van der Waals surface area (Å²) in [6.45, 7) is 4.08. The molecule has 2 aliphatic carbocycles. The molecule has 0 saturated heterocycles. The SMILES string of the molecule is CC1=C(C#N)C2CC2(C)C(C#N)=CC1. The normalized spacial score (nSPS) is 34.9. The van der Waals surface area contributed by atoms with Crippen LogP contribution in [0.4, 0.5) is 0 Å². The van der Waals surface area contributed by atoms with Gasteiger partial charge in [0.05, 0.1) is 12.1 Å². The molecule has 0 spiro atoms. The van der Waals surface area contributed by atoms with Crippen LogP contribution in [0.1, 0.15) is 26.7 Å². The molecule has 2 aliphatic rings. The molecule has 1 fully saturated rings. The van der Waals surface area contributed by atoms with Gasteiger partial charge in [-0.2, -0.15) is 10.5 Å². The van der Waals surface area contributed by atoms with E-state index >= 15 is 0 Å². The average molecular weight is 184 g/mol. The summed E-state index contributed by atoms with van der Waals surface area (Å²) in [6.07, 6.45) is 3.71. The molecule has 0 heterocycles. The molecule has 2 rings (SSSR count). The molecule has 0 aromatic heterocycles. The molecule has 0 bridgehead atoms. The summed E-state index contributed by atoms with van der Waals surface area (Å²) in [6, 6.07) is 4.56. The number of hydrogen-bond donors (Lipinski definition) is 0. The highest BCUT2D eigenvalue weighted by atomic mass is 14.6. The molecule has 14 heavy (non-hydrogen) atoms. The second kappa shape index (κ2) is 2.72. The molecule has 0 aromatic rings. The molecule has 0 radical (unpaired) electrons. The zero-order valence-electron chi connectivity index (χ0n) is 8.46. The predicted octanol–water partition coefficient (Wildman–Crippen LogP) is 2.71. The first-order valence-corrected chi connectivity index (χ1v) is 4.84. The average Bonchev–Trinajstić information content (AvgIpc) is 2.81. The van der Waals surface area contributed by atoms with E-state index in [9.17, 15) is 0 Å². The van der Waals surface area contributed by atoms with Gasteiger partial charge in [0.2, 0.25) is 0 Å². The summed E-state index contributed by atoms with van der Waals surface area (Å²) >= 11 is 0. The standard InChI is InChI=1S/C12H12N2/c1-8-3-4-9(6-13)12(2)5-11(12)10(8)7-14/h4,11H,3,5H2,1-2H3. The van der Waals surface area contributed by atoms with Crippen molar-refractivity contribution in [3.63, 3.8) is 0 Å². The molecule has 2 atom stereocenters. The van der Waals surface area contributed by atoms with Crippen molar-refractivity contribution in [1.82, 2.24) is 0 Å². The van der Waals surface area contributed by atoms with Crippen LogP contribution in [0.25, 0.3) is 0 Å². The molecular weight excluding hydrogens is 172 g/mol. The van der Waals surface area contributed by atoms with Crippen molar-refractivity contribution in [3.8, 4) is 12.1 Å². The second-order valence-electron chi connectivity index (χ2n) is 4.41. The fourth-order valence-corrected chi connectivity index (χ4v) is 2.33. The van der Waals surface area contributed by atoms with Crippen LogP contribution in [0.2, 0.25) is 0 Å². The van der Waals surface area contributed by atoms with E-state index in [1.165, 1.54) is 0 Å². The summed E-state index contributed by atoms with van der Waals surface area (Å²) in [5.74, 6) is 0.306. The number of allylic oxidation sites excluding steroid dienone is 4. The molecule has 0 amide bonds. The van der Waals surface area contributed by atoms with Gasteiger partial charge in [-0.15, -0.1) is 0 Å². The first-order chi connectivity index (χ1) is 6.63. The van der Waals surface area contributed by atoms with Crippen LogP contribution in [0, 0.1) is 34.0 Å². The smallest absolute Gasteiger partial charge is 0.0949 e. The van der Waals surface area contributed by atoms with Gasteiger partial charge in [0, 0.05) is 22.5 Å². The number of hydrogen-bond acceptors (Lipinski definition) is 2. The van der Waals surface area contributed by atoms with Crippen LogP contribution in [0.3, 0.4) is 0 Å². The Hall–Kier alpha value is -1.54. The minimum atomic E-state index is -0.0302.